The number of nitrogens with one attached hydrogen (secondary N) is 1. The predicted octanol–water partition coefficient (Wildman–Crippen LogP) is 5.82. The van der Waals surface area contributed by atoms with Crippen molar-refractivity contribution in [2.24, 2.45) is 5.92 Å². The lowest BCUT2D eigenvalue weighted by molar-refractivity contribution is 0.0948. The number of amides is 1. The van der Waals surface area contributed by atoms with Gasteiger partial charge in [0.1, 0.15) is 23.1 Å². The fraction of sp³-hybridized carbons (Fsp3) is 0.273. The smallest absolute Gasteiger partial charge is 0.270 e. The summed E-state index contributed by atoms with van der Waals surface area (Å²) < 4.78 is 5.88. The van der Waals surface area contributed by atoms with Gasteiger partial charge in [0.15, 0.2) is 0 Å². The maximum absolute atomic E-state index is 12.2. The molecule has 4 nitrogen and oxygen atoms in total. The van der Waals surface area contributed by atoms with Crippen molar-refractivity contribution < 1.29 is 9.53 Å². The van der Waals surface area contributed by atoms with Gasteiger partial charge in [0.05, 0.1) is 0 Å². The molecule has 0 saturated heterocycles. The number of halogens is 1. The Morgan fingerprint density at radius 2 is 2.04 bits per heavy atom. The molecule has 3 aromatic rings. The normalized spacial score (nSPS) is 10.9. The van der Waals surface area contributed by atoms with Crippen molar-refractivity contribution in [3.8, 4) is 16.3 Å². The van der Waals surface area contributed by atoms with Crippen LogP contribution in [0.3, 0.4) is 0 Å². The lowest BCUT2D eigenvalue weighted by Crippen LogP contribution is -2.25. The molecular weight excluding hydrogens is 392 g/mol. The molecule has 6 heteroatoms. The summed E-state index contributed by atoms with van der Waals surface area (Å²) in [4.78, 5) is 16.7. The number of nitrogens with zero attached hydrogens (tertiary/aromatic N) is 1. The Balaban J connectivity index is 1.65. The van der Waals surface area contributed by atoms with Gasteiger partial charge in [-0.15, -0.1) is 11.3 Å². The number of hydrogen-bond donors (Lipinski definition) is 1. The van der Waals surface area contributed by atoms with E-state index < -0.39 is 0 Å². The van der Waals surface area contributed by atoms with Gasteiger partial charge in [-0.05, 0) is 30.5 Å². The van der Waals surface area contributed by atoms with Crippen LogP contribution in [0, 0.1) is 5.92 Å². The van der Waals surface area contributed by atoms with Crippen LogP contribution in [0.5, 0.6) is 5.75 Å². The van der Waals surface area contributed by atoms with E-state index >= 15 is 0 Å². The standard InChI is InChI=1S/C22H23ClN2O2S/c1-15(2)10-11-24-21(26)20-14-28-22(25-20)16-7-5-8-18(12-16)27-13-17-6-3-4-9-19(17)23/h3-9,12,14-15H,10-11,13H2,1-2H3,(H,24,26). The molecule has 1 heterocycles. The number of hydrogen-bond acceptors (Lipinski definition) is 4. The largest absolute Gasteiger partial charge is 0.489 e. The summed E-state index contributed by atoms with van der Waals surface area (Å²) >= 11 is 7.62. The van der Waals surface area contributed by atoms with E-state index in [4.69, 9.17) is 16.3 Å². The predicted molar refractivity (Wildman–Crippen MR) is 115 cm³/mol. The van der Waals surface area contributed by atoms with Gasteiger partial charge < -0.3 is 10.1 Å². The number of benzene rings is 2. The quantitative estimate of drug-likeness (QED) is 0.505. The van der Waals surface area contributed by atoms with Gasteiger partial charge in [0.25, 0.3) is 5.91 Å². The van der Waals surface area contributed by atoms with Gasteiger partial charge in [0.2, 0.25) is 0 Å². The molecule has 0 aliphatic rings. The average Bonchev–Trinajstić information content (AvgIpc) is 3.18. The lowest BCUT2D eigenvalue weighted by atomic mass is 10.1. The second-order valence-corrected chi connectivity index (χ2v) is 8.15. The Hall–Kier alpha value is -2.37. The molecule has 0 unspecified atom stereocenters. The Kier molecular flexibility index (Phi) is 7.06. The van der Waals surface area contributed by atoms with Crippen LogP contribution in [-0.2, 0) is 6.61 Å². The van der Waals surface area contributed by atoms with Crippen LogP contribution in [0.2, 0.25) is 5.02 Å². The van der Waals surface area contributed by atoms with E-state index in [-0.39, 0.29) is 5.91 Å². The molecule has 0 fully saturated rings. The van der Waals surface area contributed by atoms with Crippen LogP contribution in [0.4, 0.5) is 0 Å². The molecule has 1 N–H and O–H groups in total. The molecule has 146 valence electrons. The molecule has 0 bridgehead atoms. The van der Waals surface area contributed by atoms with Crippen LogP contribution in [-0.4, -0.2) is 17.4 Å². The monoisotopic (exact) mass is 414 g/mol. The molecular formula is C22H23ClN2O2S. The molecule has 0 aliphatic carbocycles. The number of carbonyl (C=O) groups is 1. The maximum atomic E-state index is 12.2. The highest BCUT2D eigenvalue weighted by Crippen LogP contribution is 2.28. The van der Waals surface area contributed by atoms with Crippen molar-refractivity contribution in [3.63, 3.8) is 0 Å². The number of ether oxygens (including phenoxy) is 1. The van der Waals surface area contributed by atoms with E-state index in [1.807, 2.05) is 48.5 Å². The van der Waals surface area contributed by atoms with Crippen molar-refractivity contribution in [3.05, 3.63) is 70.2 Å². The zero-order valence-electron chi connectivity index (χ0n) is 15.9. The molecule has 0 spiro atoms. The van der Waals surface area contributed by atoms with Crippen molar-refractivity contribution >= 4 is 28.8 Å². The van der Waals surface area contributed by atoms with Crippen LogP contribution >= 0.6 is 22.9 Å². The summed E-state index contributed by atoms with van der Waals surface area (Å²) in [6, 6.07) is 15.3. The second kappa shape index (κ2) is 9.71. The summed E-state index contributed by atoms with van der Waals surface area (Å²) in [5.41, 5.74) is 2.30. The third kappa shape index (κ3) is 5.57. The van der Waals surface area contributed by atoms with Gasteiger partial charge in [-0.2, -0.15) is 0 Å². The Labute approximate surface area is 174 Å². The number of rotatable bonds is 8. The third-order valence-electron chi connectivity index (χ3n) is 4.18. The first-order chi connectivity index (χ1) is 13.5. The average molecular weight is 415 g/mol. The Morgan fingerprint density at radius 1 is 1.21 bits per heavy atom. The van der Waals surface area contributed by atoms with Crippen molar-refractivity contribution in [2.45, 2.75) is 26.9 Å². The second-order valence-electron chi connectivity index (χ2n) is 6.88. The number of thiazole rings is 1. The van der Waals surface area contributed by atoms with E-state index in [1.54, 1.807) is 5.38 Å². The summed E-state index contributed by atoms with van der Waals surface area (Å²) in [5.74, 6) is 1.16. The Morgan fingerprint density at radius 3 is 2.82 bits per heavy atom. The molecule has 1 amide bonds. The summed E-state index contributed by atoms with van der Waals surface area (Å²) in [7, 11) is 0. The first-order valence-electron chi connectivity index (χ1n) is 9.23. The minimum absolute atomic E-state index is 0.130. The highest BCUT2D eigenvalue weighted by Gasteiger charge is 2.12. The summed E-state index contributed by atoms with van der Waals surface area (Å²) in [6.07, 6.45) is 0.952. The first kappa shape index (κ1) is 20.4. The van der Waals surface area contributed by atoms with Gasteiger partial charge in [-0.25, -0.2) is 4.98 Å². The minimum Gasteiger partial charge on any atom is -0.489 e. The molecule has 0 saturated carbocycles. The van der Waals surface area contributed by atoms with Gasteiger partial charge in [0, 0.05) is 28.1 Å². The molecule has 2 aromatic carbocycles. The van der Waals surface area contributed by atoms with Gasteiger partial charge in [-0.1, -0.05) is 55.8 Å². The van der Waals surface area contributed by atoms with Gasteiger partial charge >= 0.3 is 0 Å². The van der Waals surface area contributed by atoms with Crippen LogP contribution in [0.1, 0.15) is 36.3 Å². The zero-order valence-corrected chi connectivity index (χ0v) is 17.5. The van der Waals surface area contributed by atoms with E-state index in [0.717, 1.165) is 28.3 Å². The molecule has 0 radical (unpaired) electrons. The number of carbonyl (C=O) groups excluding carboxylic acids is 1. The fourth-order valence-corrected chi connectivity index (χ4v) is 3.56. The van der Waals surface area contributed by atoms with Crippen LogP contribution < -0.4 is 10.1 Å². The number of aromatic nitrogens is 1. The Bertz CT molecular complexity index is 940. The van der Waals surface area contributed by atoms with Crippen molar-refractivity contribution in [1.29, 1.82) is 0 Å². The third-order valence-corrected chi connectivity index (χ3v) is 5.44. The molecule has 0 atom stereocenters. The molecule has 0 aliphatic heterocycles. The van der Waals surface area contributed by atoms with Crippen LogP contribution in [0.25, 0.3) is 10.6 Å². The summed E-state index contributed by atoms with van der Waals surface area (Å²) in [5, 5.41) is 6.18. The van der Waals surface area contributed by atoms with E-state index in [0.29, 0.717) is 29.8 Å². The SMILES string of the molecule is CC(C)CCNC(=O)c1csc(-c2cccc(OCc3ccccc3Cl)c2)n1. The minimum atomic E-state index is -0.130. The highest BCUT2D eigenvalue weighted by atomic mass is 35.5. The van der Waals surface area contributed by atoms with E-state index in [9.17, 15) is 4.79 Å². The highest BCUT2D eigenvalue weighted by molar-refractivity contribution is 7.13. The molecule has 28 heavy (non-hydrogen) atoms. The van der Waals surface area contributed by atoms with E-state index in [1.165, 1.54) is 11.3 Å². The van der Waals surface area contributed by atoms with Crippen LogP contribution in [0.15, 0.2) is 53.9 Å². The fourth-order valence-electron chi connectivity index (χ4n) is 2.57. The topological polar surface area (TPSA) is 51.2 Å². The first-order valence-corrected chi connectivity index (χ1v) is 10.5. The van der Waals surface area contributed by atoms with E-state index in [2.05, 4.69) is 24.1 Å². The van der Waals surface area contributed by atoms with Crippen molar-refractivity contribution in [1.82, 2.24) is 10.3 Å². The zero-order chi connectivity index (χ0) is 19.9. The lowest BCUT2D eigenvalue weighted by Gasteiger charge is -2.08. The van der Waals surface area contributed by atoms with Gasteiger partial charge in [-0.3, -0.25) is 4.79 Å². The summed E-state index contributed by atoms with van der Waals surface area (Å²) in [6.45, 7) is 5.32. The maximum Gasteiger partial charge on any atom is 0.270 e. The van der Waals surface area contributed by atoms with Crippen molar-refractivity contribution in [2.75, 3.05) is 6.54 Å². The molecule has 3 rings (SSSR count). The molecule has 1 aromatic heterocycles.